The van der Waals surface area contributed by atoms with E-state index in [4.69, 9.17) is 11.6 Å². The molecule has 2 aromatic heterocycles. The van der Waals surface area contributed by atoms with Crippen LogP contribution in [0, 0.1) is 0 Å². The Labute approximate surface area is 110 Å². The van der Waals surface area contributed by atoms with Crippen molar-refractivity contribution in [3.63, 3.8) is 0 Å². The Morgan fingerprint density at radius 1 is 1.33 bits per heavy atom. The lowest BCUT2D eigenvalue weighted by molar-refractivity contribution is 0.283. The zero-order valence-electron chi connectivity index (χ0n) is 9.81. The topological polar surface area (TPSA) is 38.0 Å². The van der Waals surface area contributed by atoms with E-state index in [1.807, 2.05) is 30.6 Å². The normalized spacial score (nSPS) is 15.7. The summed E-state index contributed by atoms with van der Waals surface area (Å²) in [6.45, 7) is 0.0391. The van der Waals surface area contributed by atoms with Crippen LogP contribution in [0.4, 0.5) is 0 Å². The summed E-state index contributed by atoms with van der Waals surface area (Å²) < 4.78 is 2.09. The lowest BCUT2D eigenvalue weighted by Crippen LogP contribution is -1.98. The molecular weight excluding hydrogens is 248 g/mol. The number of aliphatic hydroxyl groups excluding tert-OH is 1. The van der Waals surface area contributed by atoms with Crippen molar-refractivity contribution >= 4 is 28.2 Å². The molecule has 2 aromatic rings. The standard InChI is InChI=1S/C14H13ClN2O/c15-11-1-3-12(4-2-11)17-8-10(9-18)13-5-6-16-7-14(13)17/h1,3,5-8,18H,2,4,9H2. The predicted octanol–water partition coefficient (Wildman–Crippen LogP) is 3.29. The smallest absolute Gasteiger partial charge is 0.0713 e. The van der Waals surface area contributed by atoms with Gasteiger partial charge in [-0.15, -0.1) is 0 Å². The van der Waals surface area contributed by atoms with Gasteiger partial charge in [0.05, 0.1) is 18.3 Å². The molecule has 0 saturated carbocycles. The van der Waals surface area contributed by atoms with Crippen molar-refractivity contribution in [2.45, 2.75) is 19.4 Å². The molecule has 0 aromatic carbocycles. The van der Waals surface area contributed by atoms with Crippen LogP contribution in [0.5, 0.6) is 0 Å². The maximum absolute atomic E-state index is 9.40. The average Bonchev–Trinajstić information content (AvgIpc) is 2.79. The van der Waals surface area contributed by atoms with Crippen molar-refractivity contribution in [2.75, 3.05) is 0 Å². The van der Waals surface area contributed by atoms with Gasteiger partial charge in [0.1, 0.15) is 0 Å². The van der Waals surface area contributed by atoms with E-state index in [0.717, 1.165) is 34.3 Å². The van der Waals surface area contributed by atoms with Crippen molar-refractivity contribution in [3.05, 3.63) is 47.4 Å². The molecule has 3 nitrogen and oxygen atoms in total. The van der Waals surface area contributed by atoms with E-state index in [0.29, 0.717) is 0 Å². The van der Waals surface area contributed by atoms with Gasteiger partial charge >= 0.3 is 0 Å². The van der Waals surface area contributed by atoms with E-state index >= 15 is 0 Å². The van der Waals surface area contributed by atoms with Gasteiger partial charge in [-0.1, -0.05) is 11.6 Å². The Balaban J connectivity index is 2.18. The fourth-order valence-corrected chi connectivity index (χ4v) is 2.47. The van der Waals surface area contributed by atoms with E-state index in [9.17, 15) is 5.11 Å². The number of aromatic nitrogens is 2. The number of rotatable bonds is 2. The Morgan fingerprint density at radius 3 is 2.94 bits per heavy atom. The number of hydrogen-bond donors (Lipinski definition) is 1. The van der Waals surface area contributed by atoms with Crippen molar-refractivity contribution in [2.24, 2.45) is 0 Å². The lowest BCUT2D eigenvalue weighted by atomic mass is 10.1. The second-order valence-corrected chi connectivity index (χ2v) is 4.83. The molecule has 0 amide bonds. The highest BCUT2D eigenvalue weighted by molar-refractivity contribution is 6.29. The largest absolute Gasteiger partial charge is 0.392 e. The van der Waals surface area contributed by atoms with Gasteiger partial charge in [-0.3, -0.25) is 4.98 Å². The molecule has 0 spiro atoms. The van der Waals surface area contributed by atoms with Crippen molar-refractivity contribution in [1.82, 2.24) is 9.55 Å². The Hall–Kier alpha value is -1.58. The highest BCUT2D eigenvalue weighted by atomic mass is 35.5. The third-order valence-corrected chi connectivity index (χ3v) is 3.56. The first-order chi connectivity index (χ1) is 8.79. The molecule has 1 N–H and O–H groups in total. The molecule has 0 aliphatic heterocycles. The van der Waals surface area contributed by atoms with Gasteiger partial charge in [-0.25, -0.2) is 0 Å². The summed E-state index contributed by atoms with van der Waals surface area (Å²) in [6.07, 6.45) is 11.3. The number of allylic oxidation sites excluding steroid dienone is 4. The third kappa shape index (κ3) is 1.85. The van der Waals surface area contributed by atoms with Crippen LogP contribution >= 0.6 is 11.6 Å². The number of pyridine rings is 1. The minimum absolute atomic E-state index is 0.0391. The number of hydrogen-bond acceptors (Lipinski definition) is 2. The van der Waals surface area contributed by atoms with Crippen LogP contribution in [0.2, 0.25) is 0 Å². The minimum Gasteiger partial charge on any atom is -0.392 e. The predicted molar refractivity (Wildman–Crippen MR) is 73.1 cm³/mol. The van der Waals surface area contributed by atoms with Crippen molar-refractivity contribution in [1.29, 1.82) is 0 Å². The summed E-state index contributed by atoms with van der Waals surface area (Å²) in [7, 11) is 0. The van der Waals surface area contributed by atoms with Gasteiger partial charge in [0, 0.05) is 34.1 Å². The highest BCUT2D eigenvalue weighted by Crippen LogP contribution is 2.29. The first-order valence-corrected chi connectivity index (χ1v) is 6.28. The van der Waals surface area contributed by atoms with Crippen molar-refractivity contribution < 1.29 is 5.11 Å². The second-order valence-electron chi connectivity index (χ2n) is 4.35. The quantitative estimate of drug-likeness (QED) is 0.900. The average molecular weight is 261 g/mol. The number of nitrogens with zero attached hydrogens (tertiary/aromatic N) is 2. The summed E-state index contributed by atoms with van der Waals surface area (Å²) in [5.41, 5.74) is 3.13. The minimum atomic E-state index is 0.0391. The van der Waals surface area contributed by atoms with Crippen LogP contribution in [0.3, 0.4) is 0 Å². The second kappa shape index (κ2) is 4.59. The van der Waals surface area contributed by atoms with Crippen LogP contribution in [0.15, 0.2) is 41.8 Å². The summed E-state index contributed by atoms with van der Waals surface area (Å²) in [6, 6.07) is 1.93. The number of halogens is 1. The molecule has 2 heterocycles. The van der Waals surface area contributed by atoms with Crippen LogP contribution in [-0.2, 0) is 6.61 Å². The van der Waals surface area contributed by atoms with E-state index < -0.39 is 0 Å². The molecule has 1 aliphatic carbocycles. The molecule has 1 aliphatic rings. The van der Waals surface area contributed by atoms with Crippen molar-refractivity contribution in [3.8, 4) is 0 Å². The molecule has 92 valence electrons. The van der Waals surface area contributed by atoms with Crippen LogP contribution in [0.1, 0.15) is 18.4 Å². The zero-order valence-corrected chi connectivity index (χ0v) is 10.6. The molecule has 0 radical (unpaired) electrons. The highest BCUT2D eigenvalue weighted by Gasteiger charge is 2.12. The molecule has 0 atom stereocenters. The van der Waals surface area contributed by atoms with Gasteiger partial charge in [0.2, 0.25) is 0 Å². The van der Waals surface area contributed by atoms with Gasteiger partial charge < -0.3 is 9.67 Å². The number of aliphatic hydroxyl groups is 1. The SMILES string of the molecule is OCc1cn(C2=CC=C(Cl)CC2)c2cnccc12. The van der Waals surface area contributed by atoms with Gasteiger partial charge in [0.25, 0.3) is 0 Å². The maximum atomic E-state index is 9.40. The maximum Gasteiger partial charge on any atom is 0.0713 e. The Kier molecular flexibility index (Phi) is 2.94. The summed E-state index contributed by atoms with van der Waals surface area (Å²) in [5.74, 6) is 0. The third-order valence-electron chi connectivity index (χ3n) is 3.25. The van der Waals surface area contributed by atoms with E-state index in [1.165, 1.54) is 5.70 Å². The lowest BCUT2D eigenvalue weighted by Gasteiger charge is -2.13. The van der Waals surface area contributed by atoms with Gasteiger partial charge in [-0.05, 0) is 31.1 Å². The Morgan fingerprint density at radius 2 is 2.22 bits per heavy atom. The molecule has 0 saturated heterocycles. The van der Waals surface area contributed by atoms with Crippen LogP contribution in [-0.4, -0.2) is 14.7 Å². The molecule has 0 fully saturated rings. The summed E-state index contributed by atoms with van der Waals surface area (Å²) >= 11 is 5.98. The monoisotopic (exact) mass is 260 g/mol. The summed E-state index contributed by atoms with van der Waals surface area (Å²) in [5, 5.41) is 11.3. The molecule has 0 unspecified atom stereocenters. The van der Waals surface area contributed by atoms with Gasteiger partial charge in [0.15, 0.2) is 0 Å². The fraction of sp³-hybridized carbons (Fsp3) is 0.214. The van der Waals surface area contributed by atoms with E-state index in [-0.39, 0.29) is 6.61 Å². The summed E-state index contributed by atoms with van der Waals surface area (Å²) in [4.78, 5) is 4.16. The number of fused-ring (bicyclic) bond motifs is 1. The molecule has 4 heteroatoms. The van der Waals surface area contributed by atoms with Gasteiger partial charge in [-0.2, -0.15) is 0 Å². The van der Waals surface area contributed by atoms with Crippen LogP contribution < -0.4 is 0 Å². The van der Waals surface area contributed by atoms with Crippen LogP contribution in [0.25, 0.3) is 16.6 Å². The molecule has 3 rings (SSSR count). The molecular formula is C14H13ClN2O. The zero-order chi connectivity index (χ0) is 12.5. The molecule has 18 heavy (non-hydrogen) atoms. The first-order valence-electron chi connectivity index (χ1n) is 5.90. The Bertz CT molecular complexity index is 655. The fourth-order valence-electron chi connectivity index (χ4n) is 2.31. The van der Waals surface area contributed by atoms with E-state index in [1.54, 1.807) is 6.20 Å². The van der Waals surface area contributed by atoms with E-state index in [2.05, 4.69) is 9.55 Å². The first kappa shape index (κ1) is 11.5. The molecule has 0 bridgehead atoms.